The molecule has 0 aliphatic carbocycles. The maximum atomic E-state index is 12.5. The SMILES string of the molecule is Cc1nc(-c2ccnc(Nc3ncc(C(=O)Nc4ccccc4N)s3)n2)c(C(C)C)[nH]1. The number of amides is 1. The van der Waals surface area contributed by atoms with Gasteiger partial charge < -0.3 is 21.4 Å². The van der Waals surface area contributed by atoms with Crippen molar-refractivity contribution in [3.63, 3.8) is 0 Å². The molecular weight excluding hydrogens is 412 g/mol. The molecule has 31 heavy (non-hydrogen) atoms. The van der Waals surface area contributed by atoms with E-state index in [0.29, 0.717) is 33.0 Å². The molecule has 4 rings (SSSR count). The normalized spacial score (nSPS) is 11.0. The van der Waals surface area contributed by atoms with E-state index in [2.05, 4.69) is 49.4 Å². The van der Waals surface area contributed by atoms with E-state index < -0.39 is 0 Å². The van der Waals surface area contributed by atoms with E-state index >= 15 is 0 Å². The van der Waals surface area contributed by atoms with Crippen LogP contribution >= 0.6 is 11.3 Å². The monoisotopic (exact) mass is 434 g/mol. The lowest BCUT2D eigenvalue weighted by atomic mass is 10.1. The molecule has 5 N–H and O–H groups in total. The van der Waals surface area contributed by atoms with Crippen LogP contribution in [0, 0.1) is 6.92 Å². The molecule has 0 atom stereocenters. The number of aromatic amines is 1. The van der Waals surface area contributed by atoms with Crippen LogP contribution in [0.3, 0.4) is 0 Å². The largest absolute Gasteiger partial charge is 0.397 e. The Morgan fingerprint density at radius 2 is 1.97 bits per heavy atom. The summed E-state index contributed by atoms with van der Waals surface area (Å²) in [4.78, 5) is 33.9. The molecule has 3 heterocycles. The first-order chi connectivity index (χ1) is 14.9. The quantitative estimate of drug-likeness (QED) is 0.332. The molecule has 0 saturated carbocycles. The molecule has 1 aromatic carbocycles. The Labute approximate surface area is 183 Å². The van der Waals surface area contributed by atoms with E-state index in [1.807, 2.05) is 25.1 Å². The molecule has 1 amide bonds. The Morgan fingerprint density at radius 1 is 1.16 bits per heavy atom. The Morgan fingerprint density at radius 3 is 2.74 bits per heavy atom. The van der Waals surface area contributed by atoms with Crippen LogP contribution in [-0.4, -0.2) is 30.8 Å². The molecule has 10 heteroatoms. The highest BCUT2D eigenvalue weighted by Crippen LogP contribution is 2.27. The lowest BCUT2D eigenvalue weighted by molar-refractivity contribution is 0.103. The van der Waals surface area contributed by atoms with Crippen LogP contribution in [0.15, 0.2) is 42.7 Å². The van der Waals surface area contributed by atoms with Gasteiger partial charge in [-0.05, 0) is 31.0 Å². The fourth-order valence-electron chi connectivity index (χ4n) is 3.00. The molecule has 0 bridgehead atoms. The average Bonchev–Trinajstić information content (AvgIpc) is 3.37. The third kappa shape index (κ3) is 4.53. The number of carbonyl (C=O) groups is 1. The number of anilines is 4. The molecule has 0 fully saturated rings. The van der Waals surface area contributed by atoms with Gasteiger partial charge in [0.15, 0.2) is 5.13 Å². The van der Waals surface area contributed by atoms with Crippen LogP contribution in [0.1, 0.15) is 41.0 Å². The minimum absolute atomic E-state index is 0.279. The number of nitrogen functional groups attached to an aromatic ring is 1. The number of para-hydroxylation sites is 2. The molecule has 0 aliphatic heterocycles. The van der Waals surface area contributed by atoms with Gasteiger partial charge in [0.1, 0.15) is 16.4 Å². The van der Waals surface area contributed by atoms with Gasteiger partial charge in [-0.2, -0.15) is 0 Å². The Hall–Kier alpha value is -3.79. The first-order valence-corrected chi connectivity index (χ1v) is 10.5. The Bertz CT molecular complexity index is 1230. The fraction of sp³-hybridized carbons (Fsp3) is 0.190. The van der Waals surface area contributed by atoms with Crippen LogP contribution in [0.5, 0.6) is 0 Å². The summed E-state index contributed by atoms with van der Waals surface area (Å²) in [6.07, 6.45) is 3.16. The van der Waals surface area contributed by atoms with E-state index in [0.717, 1.165) is 17.2 Å². The molecule has 0 saturated heterocycles. The number of thiazole rings is 1. The number of carbonyl (C=O) groups excluding carboxylic acids is 1. The number of aromatic nitrogens is 5. The smallest absolute Gasteiger partial charge is 0.267 e. The van der Waals surface area contributed by atoms with Crippen LogP contribution < -0.4 is 16.4 Å². The van der Waals surface area contributed by atoms with Gasteiger partial charge in [0.05, 0.1) is 23.3 Å². The summed E-state index contributed by atoms with van der Waals surface area (Å²) in [6, 6.07) is 8.90. The number of nitrogens with two attached hydrogens (primary N) is 1. The maximum absolute atomic E-state index is 12.5. The van der Waals surface area contributed by atoms with Crippen LogP contribution in [0.4, 0.5) is 22.5 Å². The number of aryl methyl sites for hydroxylation is 1. The third-order valence-corrected chi connectivity index (χ3v) is 5.39. The average molecular weight is 435 g/mol. The van der Waals surface area contributed by atoms with Crippen molar-refractivity contribution in [3.8, 4) is 11.4 Å². The highest BCUT2D eigenvalue weighted by molar-refractivity contribution is 7.17. The lowest BCUT2D eigenvalue weighted by Gasteiger charge is -2.07. The summed E-state index contributed by atoms with van der Waals surface area (Å²) in [7, 11) is 0. The number of hydrogen-bond acceptors (Lipinski definition) is 8. The predicted molar refractivity (Wildman–Crippen MR) is 123 cm³/mol. The molecule has 0 unspecified atom stereocenters. The lowest BCUT2D eigenvalue weighted by Crippen LogP contribution is -2.11. The first kappa shape index (κ1) is 20.5. The molecule has 0 radical (unpaired) electrons. The molecular formula is C21H22N8OS. The third-order valence-electron chi connectivity index (χ3n) is 4.48. The summed E-state index contributed by atoms with van der Waals surface area (Å²) < 4.78 is 0. The van der Waals surface area contributed by atoms with Crippen molar-refractivity contribution < 1.29 is 4.79 Å². The number of nitrogens with zero attached hydrogens (tertiary/aromatic N) is 4. The summed E-state index contributed by atoms with van der Waals surface area (Å²) in [5.74, 6) is 1.20. The zero-order valence-corrected chi connectivity index (χ0v) is 18.1. The number of rotatable bonds is 6. The minimum Gasteiger partial charge on any atom is -0.397 e. The number of hydrogen-bond donors (Lipinski definition) is 4. The van der Waals surface area contributed by atoms with Crippen molar-refractivity contribution in [2.24, 2.45) is 0 Å². The first-order valence-electron chi connectivity index (χ1n) is 9.69. The second kappa shape index (κ2) is 8.52. The zero-order chi connectivity index (χ0) is 22.0. The Balaban J connectivity index is 1.51. The summed E-state index contributed by atoms with van der Waals surface area (Å²) in [5, 5.41) is 6.36. The summed E-state index contributed by atoms with van der Waals surface area (Å²) >= 11 is 1.20. The molecule has 0 spiro atoms. The van der Waals surface area contributed by atoms with Gasteiger partial charge in [-0.25, -0.2) is 19.9 Å². The molecule has 0 aliphatic rings. The van der Waals surface area contributed by atoms with Crippen molar-refractivity contribution >= 4 is 39.7 Å². The second-order valence-electron chi connectivity index (χ2n) is 7.20. The zero-order valence-electron chi connectivity index (χ0n) is 17.3. The minimum atomic E-state index is -0.285. The van der Waals surface area contributed by atoms with Crippen LogP contribution in [-0.2, 0) is 0 Å². The van der Waals surface area contributed by atoms with Crippen molar-refractivity contribution in [2.75, 3.05) is 16.4 Å². The molecule has 158 valence electrons. The molecule has 9 nitrogen and oxygen atoms in total. The maximum Gasteiger partial charge on any atom is 0.267 e. The fourth-order valence-corrected chi connectivity index (χ4v) is 3.71. The van der Waals surface area contributed by atoms with E-state index in [1.165, 1.54) is 17.5 Å². The van der Waals surface area contributed by atoms with Gasteiger partial charge in [-0.1, -0.05) is 37.3 Å². The standard InChI is InChI=1S/C21H22N8OS/c1-11(2)17-18(26-12(3)25-17)15-8-9-23-20(28-15)29-21-24-10-16(31-21)19(30)27-14-7-5-4-6-13(14)22/h4-11H,22H2,1-3H3,(H,25,26)(H,27,30)(H,23,24,28,29). The van der Waals surface area contributed by atoms with Gasteiger partial charge in [0.25, 0.3) is 5.91 Å². The number of benzene rings is 1. The topological polar surface area (TPSA) is 134 Å². The highest BCUT2D eigenvalue weighted by atomic mass is 32.1. The van der Waals surface area contributed by atoms with E-state index in [1.54, 1.807) is 18.3 Å². The molecule has 4 aromatic rings. The van der Waals surface area contributed by atoms with Crippen LogP contribution in [0.2, 0.25) is 0 Å². The van der Waals surface area contributed by atoms with Gasteiger partial charge in [-0.3, -0.25) is 4.79 Å². The van der Waals surface area contributed by atoms with E-state index in [9.17, 15) is 4.79 Å². The van der Waals surface area contributed by atoms with E-state index in [4.69, 9.17) is 5.73 Å². The number of imidazole rings is 1. The summed E-state index contributed by atoms with van der Waals surface area (Å²) in [6.45, 7) is 6.12. The van der Waals surface area contributed by atoms with Crippen molar-refractivity contribution in [3.05, 3.63) is 59.1 Å². The van der Waals surface area contributed by atoms with Gasteiger partial charge in [-0.15, -0.1) is 0 Å². The number of nitrogens with one attached hydrogen (secondary N) is 3. The van der Waals surface area contributed by atoms with E-state index in [-0.39, 0.29) is 11.8 Å². The van der Waals surface area contributed by atoms with Crippen LogP contribution in [0.25, 0.3) is 11.4 Å². The predicted octanol–water partition coefficient (Wildman–Crippen LogP) is 4.33. The summed E-state index contributed by atoms with van der Waals surface area (Å²) in [5.41, 5.74) is 9.47. The van der Waals surface area contributed by atoms with Gasteiger partial charge in [0, 0.05) is 11.9 Å². The Kier molecular flexibility index (Phi) is 5.63. The van der Waals surface area contributed by atoms with Crippen molar-refractivity contribution in [1.29, 1.82) is 0 Å². The van der Waals surface area contributed by atoms with Gasteiger partial charge in [0.2, 0.25) is 5.95 Å². The second-order valence-corrected chi connectivity index (χ2v) is 8.23. The van der Waals surface area contributed by atoms with Crippen molar-refractivity contribution in [1.82, 2.24) is 24.9 Å². The highest BCUT2D eigenvalue weighted by Gasteiger charge is 2.16. The number of H-pyrrole nitrogens is 1. The molecule has 3 aromatic heterocycles. The van der Waals surface area contributed by atoms with Crippen molar-refractivity contribution in [2.45, 2.75) is 26.7 Å². The van der Waals surface area contributed by atoms with Gasteiger partial charge >= 0.3 is 0 Å².